The van der Waals surface area contributed by atoms with Gasteiger partial charge < -0.3 is 5.32 Å². The van der Waals surface area contributed by atoms with E-state index in [-0.39, 0.29) is 0 Å². The number of rotatable bonds is 4. The van der Waals surface area contributed by atoms with Crippen LogP contribution in [0.3, 0.4) is 0 Å². The lowest BCUT2D eigenvalue weighted by Crippen LogP contribution is -2.02. The molecule has 3 rings (SSSR count). The summed E-state index contributed by atoms with van der Waals surface area (Å²) in [5.74, 6) is 0. The van der Waals surface area contributed by atoms with Crippen LogP contribution in [0, 0.1) is 13.8 Å². The van der Waals surface area contributed by atoms with Crippen molar-refractivity contribution in [2.45, 2.75) is 20.4 Å². The van der Waals surface area contributed by atoms with Crippen LogP contribution in [0.15, 0.2) is 30.5 Å². The number of halogens is 2. The highest BCUT2D eigenvalue weighted by Gasteiger charge is 2.09. The lowest BCUT2D eigenvalue weighted by atomic mass is 10.2. The Hall–Kier alpha value is -1.56. The SMILES string of the molecule is Cc1cc(C)n(-c2ccc(NCc3cnc(Cl)s3)cc2Cl)n1. The quantitative estimate of drug-likeness (QED) is 0.728. The fourth-order valence-corrected chi connectivity index (χ4v) is 3.39. The standard InChI is InChI=1S/C15H14Cl2N4S/c1-9-5-10(2)21(20-9)14-4-3-11(6-13(14)16)18-7-12-8-19-15(17)22-12/h3-6,8,18H,7H2,1-2H3. The highest BCUT2D eigenvalue weighted by molar-refractivity contribution is 7.15. The molecule has 1 N–H and O–H groups in total. The summed E-state index contributed by atoms with van der Waals surface area (Å²) in [6.45, 7) is 4.64. The average Bonchev–Trinajstić information content (AvgIpc) is 3.02. The number of nitrogens with one attached hydrogen (secondary N) is 1. The average molecular weight is 353 g/mol. The van der Waals surface area contributed by atoms with Crippen molar-refractivity contribution in [3.8, 4) is 5.69 Å². The summed E-state index contributed by atoms with van der Waals surface area (Å²) in [5.41, 5.74) is 3.84. The minimum atomic E-state index is 0.551. The molecule has 3 aromatic rings. The van der Waals surface area contributed by atoms with Gasteiger partial charge in [-0.2, -0.15) is 5.10 Å². The van der Waals surface area contributed by atoms with Crippen LogP contribution >= 0.6 is 34.5 Å². The Labute approximate surface area is 142 Å². The molecule has 0 amide bonds. The molecule has 0 spiro atoms. The van der Waals surface area contributed by atoms with Crippen molar-refractivity contribution in [3.63, 3.8) is 0 Å². The van der Waals surface area contributed by atoms with E-state index >= 15 is 0 Å². The highest BCUT2D eigenvalue weighted by Crippen LogP contribution is 2.26. The summed E-state index contributed by atoms with van der Waals surface area (Å²) >= 11 is 13.7. The Morgan fingerprint density at radius 1 is 1.23 bits per heavy atom. The zero-order valence-corrected chi connectivity index (χ0v) is 14.4. The number of anilines is 1. The molecule has 2 aromatic heterocycles. The van der Waals surface area contributed by atoms with Gasteiger partial charge >= 0.3 is 0 Å². The summed E-state index contributed by atoms with van der Waals surface area (Å²) in [5, 5.41) is 8.42. The molecular weight excluding hydrogens is 339 g/mol. The number of hydrogen-bond donors (Lipinski definition) is 1. The molecule has 0 bridgehead atoms. The molecule has 22 heavy (non-hydrogen) atoms. The van der Waals surface area contributed by atoms with E-state index in [4.69, 9.17) is 23.2 Å². The van der Waals surface area contributed by atoms with Crippen LogP contribution in [0.1, 0.15) is 16.3 Å². The van der Waals surface area contributed by atoms with Gasteiger partial charge in [-0.05, 0) is 38.1 Å². The zero-order chi connectivity index (χ0) is 15.7. The third kappa shape index (κ3) is 3.27. The molecule has 0 aliphatic heterocycles. The molecule has 0 atom stereocenters. The number of hydrogen-bond acceptors (Lipinski definition) is 4. The normalized spacial score (nSPS) is 10.9. The molecule has 0 unspecified atom stereocenters. The molecule has 0 aliphatic rings. The number of benzene rings is 1. The van der Waals surface area contributed by atoms with Crippen molar-refractivity contribution in [1.82, 2.24) is 14.8 Å². The van der Waals surface area contributed by atoms with E-state index in [9.17, 15) is 0 Å². The van der Waals surface area contributed by atoms with Crippen molar-refractivity contribution in [1.29, 1.82) is 0 Å². The second-order valence-electron chi connectivity index (χ2n) is 4.94. The highest BCUT2D eigenvalue weighted by atomic mass is 35.5. The summed E-state index contributed by atoms with van der Waals surface area (Å²) in [4.78, 5) is 5.09. The minimum absolute atomic E-state index is 0.551. The van der Waals surface area contributed by atoms with Crippen LogP contribution in [0.25, 0.3) is 5.69 Å². The first kappa shape index (κ1) is 15.3. The van der Waals surface area contributed by atoms with E-state index in [1.54, 1.807) is 6.20 Å². The van der Waals surface area contributed by atoms with E-state index in [1.807, 2.05) is 42.8 Å². The monoisotopic (exact) mass is 352 g/mol. The van der Waals surface area contributed by atoms with Crippen LogP contribution in [-0.2, 0) is 6.54 Å². The maximum absolute atomic E-state index is 6.40. The van der Waals surface area contributed by atoms with Gasteiger partial charge in [-0.1, -0.05) is 23.2 Å². The first-order chi connectivity index (χ1) is 10.5. The van der Waals surface area contributed by atoms with Crippen LogP contribution in [0.2, 0.25) is 9.49 Å². The van der Waals surface area contributed by atoms with Gasteiger partial charge in [-0.25, -0.2) is 9.67 Å². The summed E-state index contributed by atoms with van der Waals surface area (Å²) in [6.07, 6.45) is 1.77. The Kier molecular flexibility index (Phi) is 4.38. The van der Waals surface area contributed by atoms with Crippen molar-refractivity contribution in [2.24, 2.45) is 0 Å². The summed E-state index contributed by atoms with van der Waals surface area (Å²) in [6, 6.07) is 7.87. The molecule has 4 nitrogen and oxygen atoms in total. The third-order valence-electron chi connectivity index (χ3n) is 3.18. The number of nitrogens with zero attached hydrogens (tertiary/aromatic N) is 3. The topological polar surface area (TPSA) is 42.7 Å². The maximum atomic E-state index is 6.40. The van der Waals surface area contributed by atoms with Crippen LogP contribution < -0.4 is 5.32 Å². The minimum Gasteiger partial charge on any atom is -0.380 e. The van der Waals surface area contributed by atoms with Crippen molar-refractivity contribution in [2.75, 3.05) is 5.32 Å². The van der Waals surface area contributed by atoms with Gasteiger partial charge in [0.05, 0.1) is 22.9 Å². The van der Waals surface area contributed by atoms with Gasteiger partial charge in [0.15, 0.2) is 4.47 Å². The molecular formula is C15H14Cl2N4S. The Morgan fingerprint density at radius 3 is 2.64 bits per heavy atom. The van der Waals surface area contributed by atoms with Gasteiger partial charge in [0, 0.05) is 22.5 Å². The van der Waals surface area contributed by atoms with Gasteiger partial charge in [-0.15, -0.1) is 11.3 Å². The fourth-order valence-electron chi connectivity index (χ4n) is 2.22. The lowest BCUT2D eigenvalue weighted by molar-refractivity contribution is 0.834. The predicted octanol–water partition coefficient (Wildman–Crippen LogP) is 4.86. The van der Waals surface area contributed by atoms with Crippen molar-refractivity contribution >= 4 is 40.2 Å². The first-order valence-electron chi connectivity index (χ1n) is 6.70. The van der Waals surface area contributed by atoms with Gasteiger partial charge in [0.2, 0.25) is 0 Å². The van der Waals surface area contributed by atoms with Crippen molar-refractivity contribution < 1.29 is 0 Å². The molecule has 0 saturated heterocycles. The van der Waals surface area contributed by atoms with E-state index in [2.05, 4.69) is 15.4 Å². The number of aryl methyl sites for hydroxylation is 2. The third-order valence-corrected chi connectivity index (χ3v) is 4.60. The Morgan fingerprint density at radius 2 is 2.05 bits per heavy atom. The number of aromatic nitrogens is 3. The Bertz CT molecular complexity index is 810. The van der Waals surface area contributed by atoms with E-state index < -0.39 is 0 Å². The van der Waals surface area contributed by atoms with Crippen molar-refractivity contribution in [3.05, 3.63) is 56.2 Å². The lowest BCUT2D eigenvalue weighted by Gasteiger charge is -2.10. The fraction of sp³-hybridized carbons (Fsp3) is 0.200. The molecule has 0 fully saturated rings. The molecule has 114 valence electrons. The second kappa shape index (κ2) is 6.28. The van der Waals surface area contributed by atoms with Crippen LogP contribution in [-0.4, -0.2) is 14.8 Å². The number of thiazole rings is 1. The predicted molar refractivity (Wildman–Crippen MR) is 92.5 cm³/mol. The summed E-state index contributed by atoms with van der Waals surface area (Å²) < 4.78 is 2.40. The largest absolute Gasteiger partial charge is 0.380 e. The van der Waals surface area contributed by atoms with E-state index in [1.165, 1.54) is 11.3 Å². The molecule has 1 aromatic carbocycles. The van der Waals surface area contributed by atoms with Crippen LogP contribution in [0.4, 0.5) is 5.69 Å². The molecule has 7 heteroatoms. The van der Waals surface area contributed by atoms with Crippen LogP contribution in [0.5, 0.6) is 0 Å². The van der Waals surface area contributed by atoms with Gasteiger partial charge in [0.1, 0.15) is 0 Å². The smallest absolute Gasteiger partial charge is 0.183 e. The van der Waals surface area contributed by atoms with E-state index in [0.717, 1.165) is 27.6 Å². The Balaban J connectivity index is 1.78. The molecule has 0 radical (unpaired) electrons. The zero-order valence-electron chi connectivity index (χ0n) is 12.1. The summed E-state index contributed by atoms with van der Waals surface area (Å²) in [7, 11) is 0. The molecule has 2 heterocycles. The molecule has 0 aliphatic carbocycles. The second-order valence-corrected chi connectivity index (χ2v) is 7.04. The first-order valence-corrected chi connectivity index (χ1v) is 8.27. The maximum Gasteiger partial charge on any atom is 0.183 e. The van der Waals surface area contributed by atoms with Gasteiger partial charge in [0.25, 0.3) is 0 Å². The van der Waals surface area contributed by atoms with Gasteiger partial charge in [-0.3, -0.25) is 0 Å². The van der Waals surface area contributed by atoms with E-state index in [0.29, 0.717) is 16.0 Å². The molecule has 0 saturated carbocycles.